The molecule has 2 aromatic rings. The van der Waals surface area contributed by atoms with Gasteiger partial charge in [0, 0.05) is 31.5 Å². The summed E-state index contributed by atoms with van der Waals surface area (Å²) in [7, 11) is -3.32. The van der Waals surface area contributed by atoms with Crippen LogP contribution < -0.4 is 4.72 Å². The summed E-state index contributed by atoms with van der Waals surface area (Å²) in [5, 5.41) is 3.94. The molecule has 0 spiro atoms. The smallest absolute Gasteiger partial charge is 0.255 e. The summed E-state index contributed by atoms with van der Waals surface area (Å²) in [6, 6.07) is 1.60. The first-order valence-corrected chi connectivity index (χ1v) is 11.4. The van der Waals surface area contributed by atoms with Crippen molar-refractivity contribution in [3.05, 3.63) is 41.3 Å². The topological polar surface area (TPSA) is 118 Å². The third-order valence-electron chi connectivity index (χ3n) is 6.11. The van der Waals surface area contributed by atoms with E-state index < -0.39 is 15.4 Å². The van der Waals surface area contributed by atoms with E-state index in [2.05, 4.69) is 19.8 Å². The number of nitrogens with one attached hydrogen (secondary N) is 1. The number of aryl methyl sites for hydroxylation is 2. The summed E-state index contributed by atoms with van der Waals surface area (Å²) >= 11 is 0. The third-order valence-corrected chi connectivity index (χ3v) is 7.56. The van der Waals surface area contributed by atoms with Crippen LogP contribution in [0.15, 0.2) is 23.0 Å². The molecule has 1 saturated carbocycles. The molecule has 10 heteroatoms. The fourth-order valence-electron chi connectivity index (χ4n) is 4.64. The van der Waals surface area contributed by atoms with Crippen LogP contribution in [0.25, 0.3) is 0 Å². The Balaban J connectivity index is 1.63. The number of hydrogen-bond donors (Lipinski definition) is 1. The van der Waals surface area contributed by atoms with E-state index in [1.54, 1.807) is 31.1 Å². The van der Waals surface area contributed by atoms with E-state index in [-0.39, 0.29) is 23.6 Å². The Morgan fingerprint density at radius 2 is 2.21 bits per heavy atom. The zero-order valence-corrected chi connectivity index (χ0v) is 17.6. The van der Waals surface area contributed by atoms with Crippen LogP contribution in [0.2, 0.25) is 0 Å². The van der Waals surface area contributed by atoms with Gasteiger partial charge in [-0.25, -0.2) is 13.1 Å². The van der Waals surface area contributed by atoms with E-state index in [1.165, 1.54) is 0 Å². The summed E-state index contributed by atoms with van der Waals surface area (Å²) in [5.41, 5.74) is 0.902. The molecule has 1 aliphatic carbocycles. The molecular formula is C19H25N5O4S. The first-order valence-electron chi connectivity index (χ1n) is 9.75. The van der Waals surface area contributed by atoms with Gasteiger partial charge in [0.05, 0.1) is 16.7 Å². The highest BCUT2D eigenvalue weighted by Crippen LogP contribution is 2.50. The molecule has 2 aromatic heterocycles. The third kappa shape index (κ3) is 3.55. The van der Waals surface area contributed by atoms with E-state index in [0.717, 1.165) is 5.56 Å². The molecule has 2 fully saturated rings. The van der Waals surface area contributed by atoms with Gasteiger partial charge in [-0.05, 0) is 51.2 Å². The van der Waals surface area contributed by atoms with Crippen LogP contribution in [-0.4, -0.2) is 59.2 Å². The number of rotatable bonds is 5. The highest BCUT2D eigenvalue weighted by atomic mass is 32.2. The molecule has 0 aromatic carbocycles. The number of amides is 1. The monoisotopic (exact) mass is 419 g/mol. The second-order valence-corrected chi connectivity index (χ2v) is 10.1. The molecule has 1 N–H and O–H groups in total. The number of nitrogens with zero attached hydrogens (tertiary/aromatic N) is 4. The molecular weight excluding hydrogens is 394 g/mol. The molecule has 3 heterocycles. The fourth-order valence-corrected chi connectivity index (χ4v) is 5.50. The largest absolute Gasteiger partial charge is 0.339 e. The molecule has 9 nitrogen and oxygen atoms in total. The second kappa shape index (κ2) is 7.17. The van der Waals surface area contributed by atoms with E-state index in [4.69, 9.17) is 4.52 Å². The molecule has 1 unspecified atom stereocenters. The number of fused-ring (bicyclic) bond motifs is 1. The van der Waals surface area contributed by atoms with E-state index >= 15 is 0 Å². The maximum absolute atomic E-state index is 13.1. The van der Waals surface area contributed by atoms with Gasteiger partial charge in [0.1, 0.15) is 0 Å². The number of likely N-dealkylation sites (tertiary alicyclic amines) is 1. The molecule has 3 atom stereocenters. The Morgan fingerprint density at radius 1 is 1.41 bits per heavy atom. The quantitative estimate of drug-likeness (QED) is 0.773. The van der Waals surface area contributed by atoms with Gasteiger partial charge in [0.15, 0.2) is 5.82 Å². The minimum absolute atomic E-state index is 0.0335. The van der Waals surface area contributed by atoms with Crippen molar-refractivity contribution < 1.29 is 17.7 Å². The molecule has 4 rings (SSSR count). The van der Waals surface area contributed by atoms with Crippen molar-refractivity contribution in [3.63, 3.8) is 0 Å². The summed E-state index contributed by atoms with van der Waals surface area (Å²) in [6.45, 7) is 6.18. The van der Waals surface area contributed by atoms with Gasteiger partial charge in [-0.1, -0.05) is 5.16 Å². The lowest BCUT2D eigenvalue weighted by atomic mass is 9.80. The summed E-state index contributed by atoms with van der Waals surface area (Å²) in [4.78, 5) is 23.5. The zero-order chi connectivity index (χ0) is 20.8. The summed E-state index contributed by atoms with van der Waals surface area (Å²) in [5.74, 6) is 1.00. The molecule has 0 bridgehead atoms. The van der Waals surface area contributed by atoms with Crippen LogP contribution in [0.3, 0.4) is 0 Å². The predicted octanol–water partition coefficient (Wildman–Crippen LogP) is 1.19. The van der Waals surface area contributed by atoms with Crippen molar-refractivity contribution in [2.45, 2.75) is 45.1 Å². The summed E-state index contributed by atoms with van der Waals surface area (Å²) < 4.78 is 32.5. The van der Waals surface area contributed by atoms with Crippen molar-refractivity contribution in [2.24, 2.45) is 5.92 Å². The minimum atomic E-state index is -3.32. The predicted molar refractivity (Wildman–Crippen MR) is 105 cm³/mol. The van der Waals surface area contributed by atoms with Gasteiger partial charge in [-0.3, -0.25) is 9.78 Å². The first-order chi connectivity index (χ1) is 13.7. The van der Waals surface area contributed by atoms with Crippen molar-refractivity contribution in [3.8, 4) is 0 Å². The Morgan fingerprint density at radius 3 is 2.86 bits per heavy atom. The maximum Gasteiger partial charge on any atom is 0.255 e. The molecule has 0 radical (unpaired) electrons. The van der Waals surface area contributed by atoms with Crippen LogP contribution in [-0.2, 0) is 15.4 Å². The van der Waals surface area contributed by atoms with Gasteiger partial charge in [-0.15, -0.1) is 0 Å². The number of hydrogen-bond acceptors (Lipinski definition) is 7. The van der Waals surface area contributed by atoms with Crippen molar-refractivity contribution >= 4 is 15.9 Å². The zero-order valence-electron chi connectivity index (χ0n) is 16.8. The van der Waals surface area contributed by atoms with Gasteiger partial charge < -0.3 is 9.42 Å². The Labute approximate surface area is 169 Å². The Hall–Kier alpha value is -2.33. The number of carbonyl (C=O) groups is 1. The van der Waals surface area contributed by atoms with Crippen molar-refractivity contribution in [2.75, 3.05) is 18.8 Å². The number of aromatic nitrogens is 3. The highest BCUT2D eigenvalue weighted by molar-refractivity contribution is 7.89. The fraction of sp³-hybridized carbons (Fsp3) is 0.579. The van der Waals surface area contributed by atoms with E-state index in [9.17, 15) is 13.2 Å². The van der Waals surface area contributed by atoms with Gasteiger partial charge in [-0.2, -0.15) is 4.98 Å². The summed E-state index contributed by atoms with van der Waals surface area (Å²) in [6.07, 6.45) is 4.40. The highest BCUT2D eigenvalue weighted by Gasteiger charge is 2.58. The molecule has 29 heavy (non-hydrogen) atoms. The SMILES string of the molecule is CCS(=O)(=O)N[C@@H]1CC2CN(C(=O)c3cnccc3C)C[C@@]2(c2nc(C)no2)C1. The first kappa shape index (κ1) is 20.0. The lowest BCUT2D eigenvalue weighted by Crippen LogP contribution is -2.40. The maximum atomic E-state index is 13.1. The molecule has 2 aliphatic rings. The van der Waals surface area contributed by atoms with Crippen LogP contribution >= 0.6 is 0 Å². The van der Waals surface area contributed by atoms with Gasteiger partial charge >= 0.3 is 0 Å². The molecule has 156 valence electrons. The molecule has 1 aliphatic heterocycles. The van der Waals surface area contributed by atoms with Crippen LogP contribution in [0.4, 0.5) is 0 Å². The number of carbonyl (C=O) groups excluding carboxylic acids is 1. The standard InChI is InChI=1S/C19H25N5O4S/c1-4-29(26,27)23-15-7-14-10-24(17(25)16-9-20-6-5-12(16)2)11-19(14,8-15)18-21-13(3)22-28-18/h5-6,9,14-15,23H,4,7-8,10-11H2,1-3H3/t14?,15-,19+/m1/s1. The molecule has 1 saturated heterocycles. The Bertz CT molecular complexity index is 1040. The minimum Gasteiger partial charge on any atom is -0.339 e. The van der Waals surface area contributed by atoms with Crippen LogP contribution in [0.5, 0.6) is 0 Å². The second-order valence-electron chi connectivity index (χ2n) is 8.03. The molecule has 1 amide bonds. The normalized spacial score (nSPS) is 26.7. The van der Waals surface area contributed by atoms with Crippen LogP contribution in [0, 0.1) is 19.8 Å². The van der Waals surface area contributed by atoms with E-state index in [1.807, 2.05) is 13.0 Å². The average molecular weight is 420 g/mol. The van der Waals surface area contributed by atoms with Crippen molar-refractivity contribution in [1.82, 2.24) is 24.7 Å². The van der Waals surface area contributed by atoms with Crippen LogP contribution in [0.1, 0.15) is 47.4 Å². The Kier molecular flexibility index (Phi) is 4.94. The number of sulfonamides is 1. The van der Waals surface area contributed by atoms with Gasteiger partial charge in [0.25, 0.3) is 5.91 Å². The van der Waals surface area contributed by atoms with E-state index in [0.29, 0.717) is 43.2 Å². The van der Waals surface area contributed by atoms with Gasteiger partial charge in [0.2, 0.25) is 15.9 Å². The lowest BCUT2D eigenvalue weighted by Gasteiger charge is -2.25. The van der Waals surface area contributed by atoms with Crippen molar-refractivity contribution in [1.29, 1.82) is 0 Å². The average Bonchev–Trinajstić information content (AvgIpc) is 3.34. The number of pyridine rings is 1. The lowest BCUT2D eigenvalue weighted by molar-refractivity contribution is 0.0772.